The standard InChI is InChI=1S/C23H27F3N6O/c1-4-27-21(28-5-2)18-11-15(3)12-30-20(18)22(33)32-10-6-7-17(14-32)31-19-9-8-16(13-29-19)23(24,25)26/h4-5,8,11-13,17,19,31H,1,6-7,9-10,14H2,2-3H3/b27-21-,28-5-. The van der Waals surface area contributed by atoms with E-state index in [0.717, 1.165) is 30.7 Å². The third-order valence-corrected chi connectivity index (χ3v) is 5.35. The Kier molecular flexibility index (Phi) is 7.91. The number of carbonyl (C=O) groups is 1. The van der Waals surface area contributed by atoms with Crippen LogP contribution in [0.15, 0.2) is 51.7 Å². The molecule has 10 heteroatoms. The van der Waals surface area contributed by atoms with Crippen LogP contribution in [0.1, 0.15) is 47.8 Å². The number of alkyl halides is 3. The van der Waals surface area contributed by atoms with E-state index in [2.05, 4.69) is 31.9 Å². The van der Waals surface area contributed by atoms with Crippen LogP contribution in [0.2, 0.25) is 0 Å². The number of hydrogen-bond acceptors (Lipinski definition) is 5. The summed E-state index contributed by atoms with van der Waals surface area (Å²) in [5.74, 6) is 0.105. The average molecular weight is 461 g/mol. The summed E-state index contributed by atoms with van der Waals surface area (Å²) in [7, 11) is 0. The molecule has 0 saturated carbocycles. The molecule has 2 unspecified atom stereocenters. The van der Waals surface area contributed by atoms with Crippen molar-refractivity contribution in [3.05, 3.63) is 53.5 Å². The summed E-state index contributed by atoms with van der Waals surface area (Å²) in [5, 5.41) is 3.27. The molecule has 0 aliphatic carbocycles. The number of pyridine rings is 1. The Morgan fingerprint density at radius 1 is 1.39 bits per heavy atom. The molecule has 1 amide bonds. The zero-order valence-corrected chi connectivity index (χ0v) is 18.6. The fraction of sp³-hybridized carbons (Fsp3) is 0.435. The number of carbonyl (C=O) groups excluding carboxylic acids is 1. The molecule has 0 aromatic carbocycles. The van der Waals surface area contributed by atoms with Crippen molar-refractivity contribution in [2.45, 2.75) is 51.5 Å². The lowest BCUT2D eigenvalue weighted by molar-refractivity contribution is -0.0861. The van der Waals surface area contributed by atoms with E-state index < -0.39 is 17.9 Å². The van der Waals surface area contributed by atoms with Gasteiger partial charge < -0.3 is 4.90 Å². The predicted molar refractivity (Wildman–Crippen MR) is 123 cm³/mol. The molecule has 2 aliphatic heterocycles. The first-order valence-electron chi connectivity index (χ1n) is 10.7. The van der Waals surface area contributed by atoms with Crippen molar-refractivity contribution in [1.82, 2.24) is 15.2 Å². The maximum Gasteiger partial charge on any atom is 0.417 e. The van der Waals surface area contributed by atoms with Crippen molar-refractivity contribution in [2.75, 3.05) is 13.1 Å². The van der Waals surface area contributed by atoms with Crippen LogP contribution in [0, 0.1) is 6.92 Å². The Morgan fingerprint density at radius 3 is 2.82 bits per heavy atom. The number of rotatable bonds is 5. The third-order valence-electron chi connectivity index (χ3n) is 5.35. The Balaban J connectivity index is 1.73. The van der Waals surface area contributed by atoms with Crippen molar-refractivity contribution in [3.8, 4) is 0 Å². The molecular formula is C23H27F3N6O. The molecule has 1 saturated heterocycles. The summed E-state index contributed by atoms with van der Waals surface area (Å²) in [6, 6.07) is 1.73. The lowest BCUT2D eigenvalue weighted by Crippen LogP contribution is -2.51. The van der Waals surface area contributed by atoms with Crippen LogP contribution in [-0.2, 0) is 0 Å². The van der Waals surface area contributed by atoms with Crippen LogP contribution in [-0.4, -0.2) is 65.5 Å². The Hall–Kier alpha value is -3.14. The van der Waals surface area contributed by atoms with Crippen molar-refractivity contribution >= 4 is 24.2 Å². The van der Waals surface area contributed by atoms with Crippen molar-refractivity contribution in [3.63, 3.8) is 0 Å². The molecule has 3 heterocycles. The molecule has 3 rings (SSSR count). The van der Waals surface area contributed by atoms with Crippen LogP contribution >= 0.6 is 0 Å². The van der Waals surface area contributed by atoms with E-state index in [-0.39, 0.29) is 24.1 Å². The number of allylic oxidation sites excluding steroid dienone is 1. The summed E-state index contributed by atoms with van der Waals surface area (Å²) < 4.78 is 38.4. The molecule has 33 heavy (non-hydrogen) atoms. The first kappa shape index (κ1) is 24.5. The van der Waals surface area contributed by atoms with Gasteiger partial charge in [-0.25, -0.2) is 9.98 Å². The molecule has 0 radical (unpaired) electrons. The minimum Gasteiger partial charge on any atom is -0.336 e. The Labute approximate surface area is 190 Å². The minimum atomic E-state index is -4.39. The molecular weight excluding hydrogens is 433 g/mol. The molecule has 1 N–H and O–H groups in total. The highest BCUT2D eigenvalue weighted by Crippen LogP contribution is 2.27. The van der Waals surface area contributed by atoms with E-state index in [1.807, 2.05) is 13.0 Å². The van der Waals surface area contributed by atoms with Gasteiger partial charge in [-0.3, -0.25) is 20.1 Å². The number of aliphatic imine (C=N–C) groups is 3. The monoisotopic (exact) mass is 460 g/mol. The molecule has 0 bridgehead atoms. The molecule has 0 spiro atoms. The number of likely N-dealkylation sites (tertiary alicyclic amines) is 1. The quantitative estimate of drug-likeness (QED) is 0.535. The van der Waals surface area contributed by atoms with Gasteiger partial charge in [0.15, 0.2) is 5.84 Å². The molecule has 1 fully saturated rings. The number of nitrogens with one attached hydrogen (secondary N) is 1. The van der Waals surface area contributed by atoms with Crippen LogP contribution < -0.4 is 5.32 Å². The van der Waals surface area contributed by atoms with Crippen molar-refractivity contribution < 1.29 is 18.0 Å². The number of aromatic nitrogens is 1. The number of aryl methyl sites for hydroxylation is 1. The molecule has 176 valence electrons. The third kappa shape index (κ3) is 6.22. The SMILES string of the molecule is C=C/N=C(\N=C/C)c1cc(C)cnc1C(=O)N1CCCC(NC2CC=C(C(F)(F)F)C=N2)C1. The zero-order chi connectivity index (χ0) is 24.0. The summed E-state index contributed by atoms with van der Waals surface area (Å²) in [6.45, 7) is 8.20. The Bertz CT molecular complexity index is 1010. The highest BCUT2D eigenvalue weighted by atomic mass is 19.4. The summed E-state index contributed by atoms with van der Waals surface area (Å²) in [5.41, 5.74) is 0.908. The van der Waals surface area contributed by atoms with E-state index in [0.29, 0.717) is 24.5 Å². The second kappa shape index (κ2) is 10.7. The summed E-state index contributed by atoms with van der Waals surface area (Å²) >= 11 is 0. The molecule has 2 aliphatic rings. The smallest absolute Gasteiger partial charge is 0.336 e. The number of amides is 1. The van der Waals surface area contributed by atoms with Crippen molar-refractivity contribution in [1.29, 1.82) is 0 Å². The van der Waals surface area contributed by atoms with Gasteiger partial charge in [-0.15, -0.1) is 0 Å². The minimum absolute atomic E-state index is 0.0884. The van der Waals surface area contributed by atoms with Crippen LogP contribution in [0.5, 0.6) is 0 Å². The Morgan fingerprint density at radius 2 is 2.18 bits per heavy atom. The normalized spacial score (nSPS) is 21.9. The first-order chi connectivity index (χ1) is 15.7. The number of halogens is 3. The average Bonchev–Trinajstić information content (AvgIpc) is 2.78. The number of dihydropyridines is 1. The lowest BCUT2D eigenvalue weighted by atomic mass is 10.0. The fourth-order valence-electron chi connectivity index (χ4n) is 3.83. The topological polar surface area (TPSA) is 82.3 Å². The van der Waals surface area contributed by atoms with Gasteiger partial charge >= 0.3 is 6.18 Å². The van der Waals surface area contributed by atoms with Gasteiger partial charge in [0.25, 0.3) is 5.91 Å². The predicted octanol–water partition coefficient (Wildman–Crippen LogP) is 3.85. The maximum absolute atomic E-state index is 13.4. The fourth-order valence-corrected chi connectivity index (χ4v) is 3.83. The lowest BCUT2D eigenvalue weighted by Gasteiger charge is -2.35. The number of nitrogens with zero attached hydrogens (tertiary/aromatic N) is 5. The van der Waals surface area contributed by atoms with E-state index in [1.54, 1.807) is 24.2 Å². The number of amidine groups is 1. The molecule has 7 nitrogen and oxygen atoms in total. The number of piperidine rings is 1. The maximum atomic E-state index is 13.4. The van der Waals surface area contributed by atoms with Gasteiger partial charge in [-0.05, 0) is 38.3 Å². The van der Waals surface area contributed by atoms with Crippen LogP contribution in [0.25, 0.3) is 0 Å². The highest BCUT2D eigenvalue weighted by molar-refractivity contribution is 6.10. The number of hydrogen-bond donors (Lipinski definition) is 1. The van der Waals surface area contributed by atoms with Gasteiger partial charge in [-0.2, -0.15) is 13.2 Å². The van der Waals surface area contributed by atoms with Gasteiger partial charge in [0.2, 0.25) is 0 Å². The molecule has 1 aromatic rings. The second-order valence-corrected chi connectivity index (χ2v) is 7.88. The van der Waals surface area contributed by atoms with Gasteiger partial charge in [0.05, 0.1) is 11.1 Å². The highest BCUT2D eigenvalue weighted by Gasteiger charge is 2.34. The van der Waals surface area contributed by atoms with Crippen molar-refractivity contribution in [2.24, 2.45) is 15.0 Å². The summed E-state index contributed by atoms with van der Waals surface area (Å²) in [6.07, 6.45) is 3.44. The van der Waals surface area contributed by atoms with Gasteiger partial charge in [0, 0.05) is 50.4 Å². The van der Waals surface area contributed by atoms with Crippen LogP contribution in [0.3, 0.4) is 0 Å². The van der Waals surface area contributed by atoms with E-state index in [1.165, 1.54) is 6.20 Å². The molecule has 2 atom stereocenters. The summed E-state index contributed by atoms with van der Waals surface area (Å²) in [4.78, 5) is 31.9. The van der Waals surface area contributed by atoms with E-state index >= 15 is 0 Å². The van der Waals surface area contributed by atoms with Gasteiger partial charge in [0.1, 0.15) is 11.9 Å². The van der Waals surface area contributed by atoms with E-state index in [9.17, 15) is 18.0 Å². The van der Waals surface area contributed by atoms with Crippen LogP contribution in [0.4, 0.5) is 13.2 Å². The largest absolute Gasteiger partial charge is 0.417 e. The van der Waals surface area contributed by atoms with E-state index in [4.69, 9.17) is 0 Å². The zero-order valence-electron chi connectivity index (χ0n) is 18.6. The second-order valence-electron chi connectivity index (χ2n) is 7.88. The molecule has 1 aromatic heterocycles. The first-order valence-corrected chi connectivity index (χ1v) is 10.7. The van der Waals surface area contributed by atoms with Gasteiger partial charge in [-0.1, -0.05) is 12.7 Å².